The third-order valence-electron chi connectivity index (χ3n) is 3.44. The number of carbonyl (C=O) groups excluding carboxylic acids is 1. The summed E-state index contributed by atoms with van der Waals surface area (Å²) < 4.78 is 11.9. The van der Waals surface area contributed by atoms with E-state index in [4.69, 9.17) is 32.7 Å². The minimum absolute atomic E-state index is 0.327. The van der Waals surface area contributed by atoms with E-state index < -0.39 is 0 Å². The van der Waals surface area contributed by atoms with Gasteiger partial charge >= 0.3 is 0 Å². The SMILES string of the molecule is COc1ccc(NC(=O)c2cc(Cl)sc2Cl)cc1OCc1cccnc1. The van der Waals surface area contributed by atoms with E-state index in [2.05, 4.69) is 10.3 Å². The van der Waals surface area contributed by atoms with Crippen molar-refractivity contribution < 1.29 is 14.3 Å². The van der Waals surface area contributed by atoms with Gasteiger partial charge < -0.3 is 14.8 Å². The predicted octanol–water partition coefficient (Wildman–Crippen LogP) is 5.29. The minimum atomic E-state index is -0.346. The Hall–Kier alpha value is -2.28. The summed E-state index contributed by atoms with van der Waals surface area (Å²) in [6.07, 6.45) is 3.42. The van der Waals surface area contributed by atoms with E-state index in [1.165, 1.54) is 6.07 Å². The third kappa shape index (κ3) is 4.46. The smallest absolute Gasteiger partial charge is 0.258 e. The summed E-state index contributed by atoms with van der Waals surface area (Å²) in [4.78, 5) is 16.4. The van der Waals surface area contributed by atoms with Crippen molar-refractivity contribution >= 4 is 46.1 Å². The van der Waals surface area contributed by atoms with Crippen molar-refractivity contribution in [3.05, 3.63) is 68.6 Å². The molecule has 2 heterocycles. The van der Waals surface area contributed by atoms with Gasteiger partial charge in [-0.05, 0) is 24.3 Å². The highest BCUT2D eigenvalue weighted by Crippen LogP contribution is 2.33. The van der Waals surface area contributed by atoms with E-state index >= 15 is 0 Å². The number of ether oxygens (including phenoxy) is 2. The monoisotopic (exact) mass is 408 g/mol. The lowest BCUT2D eigenvalue weighted by Crippen LogP contribution is -2.11. The Bertz CT molecular complexity index is 916. The van der Waals surface area contributed by atoms with Gasteiger partial charge in [-0.15, -0.1) is 11.3 Å². The maximum Gasteiger partial charge on any atom is 0.258 e. The first kappa shape index (κ1) is 18.5. The average Bonchev–Trinajstić information content (AvgIpc) is 2.99. The molecule has 0 saturated heterocycles. The summed E-state index contributed by atoms with van der Waals surface area (Å²) in [7, 11) is 1.55. The number of methoxy groups -OCH3 is 1. The molecule has 1 amide bonds. The summed E-state index contributed by atoms with van der Waals surface area (Å²) in [6.45, 7) is 0.327. The number of pyridine rings is 1. The van der Waals surface area contributed by atoms with Crippen molar-refractivity contribution in [2.24, 2.45) is 0 Å². The van der Waals surface area contributed by atoms with Crippen LogP contribution >= 0.6 is 34.5 Å². The van der Waals surface area contributed by atoms with Crippen LogP contribution in [0, 0.1) is 0 Å². The van der Waals surface area contributed by atoms with Gasteiger partial charge in [-0.2, -0.15) is 0 Å². The van der Waals surface area contributed by atoms with Crippen LogP contribution in [0.2, 0.25) is 8.67 Å². The van der Waals surface area contributed by atoms with Crippen LogP contribution in [0.5, 0.6) is 11.5 Å². The van der Waals surface area contributed by atoms with Crippen LogP contribution in [0.4, 0.5) is 5.69 Å². The van der Waals surface area contributed by atoms with E-state index in [9.17, 15) is 4.79 Å². The second kappa shape index (κ2) is 8.40. The number of hydrogen-bond donors (Lipinski definition) is 1. The molecule has 2 aromatic heterocycles. The fourth-order valence-corrected chi connectivity index (χ4v) is 3.66. The molecule has 0 aliphatic carbocycles. The van der Waals surface area contributed by atoms with Gasteiger partial charge in [0.2, 0.25) is 0 Å². The number of nitrogens with one attached hydrogen (secondary N) is 1. The zero-order chi connectivity index (χ0) is 18.5. The Kier molecular flexibility index (Phi) is 5.98. The van der Waals surface area contributed by atoms with Gasteiger partial charge in [0.25, 0.3) is 5.91 Å². The fourth-order valence-electron chi connectivity index (χ4n) is 2.21. The molecule has 0 unspecified atom stereocenters. The van der Waals surface area contributed by atoms with Gasteiger partial charge in [0.15, 0.2) is 11.5 Å². The number of halogens is 2. The molecule has 3 aromatic rings. The number of thiophene rings is 1. The zero-order valence-electron chi connectivity index (χ0n) is 13.7. The highest BCUT2D eigenvalue weighted by molar-refractivity contribution is 7.20. The van der Waals surface area contributed by atoms with Gasteiger partial charge in [-0.1, -0.05) is 29.3 Å². The first-order valence-corrected chi connectivity index (χ1v) is 9.10. The summed E-state index contributed by atoms with van der Waals surface area (Å²) >= 11 is 13.1. The van der Waals surface area contributed by atoms with Crippen molar-refractivity contribution in [2.75, 3.05) is 12.4 Å². The second-order valence-corrected chi connectivity index (χ2v) is 7.49. The van der Waals surface area contributed by atoms with Crippen molar-refractivity contribution in [3.8, 4) is 11.5 Å². The number of carbonyl (C=O) groups is 1. The molecular formula is C18H14Cl2N2O3S. The highest BCUT2D eigenvalue weighted by Gasteiger charge is 2.15. The van der Waals surface area contributed by atoms with Crippen LogP contribution in [0.3, 0.4) is 0 Å². The van der Waals surface area contributed by atoms with Crippen LogP contribution in [-0.2, 0) is 6.61 Å². The van der Waals surface area contributed by atoms with Gasteiger partial charge in [-0.3, -0.25) is 9.78 Å². The van der Waals surface area contributed by atoms with Gasteiger partial charge in [0, 0.05) is 29.7 Å². The topological polar surface area (TPSA) is 60.5 Å². The number of benzene rings is 1. The lowest BCUT2D eigenvalue weighted by atomic mass is 10.2. The van der Waals surface area contributed by atoms with Crippen LogP contribution in [0.25, 0.3) is 0 Å². The second-order valence-electron chi connectivity index (χ2n) is 5.21. The Balaban J connectivity index is 1.76. The molecule has 0 atom stereocenters. The van der Waals surface area contributed by atoms with Crippen molar-refractivity contribution in [2.45, 2.75) is 6.61 Å². The Morgan fingerprint density at radius 1 is 1.23 bits per heavy atom. The summed E-state index contributed by atoms with van der Waals surface area (Å²) in [5, 5.41) is 2.78. The quantitative estimate of drug-likeness (QED) is 0.601. The molecule has 0 bridgehead atoms. The minimum Gasteiger partial charge on any atom is -0.493 e. The van der Waals surface area contributed by atoms with E-state index in [1.54, 1.807) is 37.7 Å². The molecule has 8 heteroatoms. The zero-order valence-corrected chi connectivity index (χ0v) is 16.0. The summed E-state index contributed by atoms with van der Waals surface area (Å²) in [6, 6.07) is 10.4. The third-order valence-corrected chi connectivity index (χ3v) is 4.93. The number of rotatable bonds is 6. The van der Waals surface area contributed by atoms with E-state index in [0.717, 1.165) is 16.9 Å². The first-order chi connectivity index (χ1) is 12.6. The Morgan fingerprint density at radius 2 is 2.08 bits per heavy atom. The van der Waals surface area contributed by atoms with Crippen LogP contribution in [0.1, 0.15) is 15.9 Å². The Labute approximate surface area is 164 Å². The van der Waals surface area contributed by atoms with E-state index in [0.29, 0.717) is 38.0 Å². The molecule has 1 aromatic carbocycles. The lowest BCUT2D eigenvalue weighted by molar-refractivity contribution is 0.102. The van der Waals surface area contributed by atoms with Crippen molar-refractivity contribution in [1.29, 1.82) is 0 Å². The highest BCUT2D eigenvalue weighted by atomic mass is 35.5. The van der Waals surface area contributed by atoms with Gasteiger partial charge in [0.1, 0.15) is 10.9 Å². The molecule has 5 nitrogen and oxygen atoms in total. The summed E-state index contributed by atoms with van der Waals surface area (Å²) in [5.74, 6) is 0.716. The molecular weight excluding hydrogens is 395 g/mol. The Morgan fingerprint density at radius 3 is 2.73 bits per heavy atom. The molecule has 0 aliphatic heterocycles. The summed E-state index contributed by atoms with van der Waals surface area (Å²) in [5.41, 5.74) is 1.80. The van der Waals surface area contributed by atoms with Crippen LogP contribution in [-0.4, -0.2) is 18.0 Å². The number of nitrogens with zero attached hydrogens (tertiary/aromatic N) is 1. The molecule has 0 spiro atoms. The van der Waals surface area contributed by atoms with Gasteiger partial charge in [0.05, 0.1) is 17.0 Å². The fraction of sp³-hybridized carbons (Fsp3) is 0.111. The molecule has 0 aliphatic rings. The molecule has 26 heavy (non-hydrogen) atoms. The standard InChI is InChI=1S/C18H14Cl2N2O3S/c1-24-14-5-4-12(22-18(23)13-8-16(19)26-17(13)20)7-15(14)25-10-11-3-2-6-21-9-11/h2-9H,10H2,1H3,(H,22,23). The van der Waals surface area contributed by atoms with Crippen molar-refractivity contribution in [1.82, 2.24) is 4.98 Å². The number of anilines is 1. The van der Waals surface area contributed by atoms with Crippen LogP contribution in [0.15, 0.2) is 48.8 Å². The molecule has 0 fully saturated rings. The van der Waals surface area contributed by atoms with E-state index in [1.807, 2.05) is 12.1 Å². The largest absolute Gasteiger partial charge is 0.493 e. The van der Waals surface area contributed by atoms with Crippen LogP contribution < -0.4 is 14.8 Å². The van der Waals surface area contributed by atoms with Crippen molar-refractivity contribution in [3.63, 3.8) is 0 Å². The lowest BCUT2D eigenvalue weighted by Gasteiger charge is -2.13. The van der Waals surface area contributed by atoms with E-state index in [-0.39, 0.29) is 5.91 Å². The first-order valence-electron chi connectivity index (χ1n) is 7.52. The maximum absolute atomic E-state index is 12.4. The molecule has 3 rings (SSSR count). The number of aromatic nitrogens is 1. The number of amides is 1. The van der Waals surface area contributed by atoms with Gasteiger partial charge in [-0.25, -0.2) is 0 Å². The maximum atomic E-state index is 12.4. The molecule has 1 N–H and O–H groups in total. The molecule has 0 saturated carbocycles. The predicted molar refractivity (Wildman–Crippen MR) is 104 cm³/mol. The number of hydrogen-bond acceptors (Lipinski definition) is 5. The molecule has 0 radical (unpaired) electrons. The molecule has 134 valence electrons. The average molecular weight is 409 g/mol. The normalized spacial score (nSPS) is 10.4.